The molecule has 0 heterocycles. The molecule has 25 heavy (non-hydrogen) atoms. The van der Waals surface area contributed by atoms with Crippen molar-refractivity contribution < 1.29 is 4.74 Å². The SMILES string of the molecule is CC(C)C1CCC(C(C)Nc2ccc(Oc3ccccc3)cc2)CC1. The lowest BCUT2D eigenvalue weighted by Gasteiger charge is -2.34. The normalized spacial score (nSPS) is 21.8. The summed E-state index contributed by atoms with van der Waals surface area (Å²) in [6, 6.07) is 18.8. The van der Waals surface area contributed by atoms with Crippen LogP contribution in [-0.4, -0.2) is 6.04 Å². The van der Waals surface area contributed by atoms with Gasteiger partial charge in [0.25, 0.3) is 0 Å². The number of benzene rings is 2. The quantitative estimate of drug-likeness (QED) is 0.630. The molecule has 2 aromatic rings. The van der Waals surface area contributed by atoms with Crippen LogP contribution in [0.2, 0.25) is 0 Å². The Morgan fingerprint density at radius 3 is 1.92 bits per heavy atom. The van der Waals surface area contributed by atoms with E-state index in [1.165, 1.54) is 31.4 Å². The molecule has 1 aliphatic carbocycles. The molecule has 1 aliphatic rings. The van der Waals surface area contributed by atoms with Crippen molar-refractivity contribution >= 4 is 5.69 Å². The average molecular weight is 338 g/mol. The van der Waals surface area contributed by atoms with Crippen molar-refractivity contribution in [2.75, 3.05) is 5.32 Å². The van der Waals surface area contributed by atoms with Crippen molar-refractivity contribution in [1.82, 2.24) is 0 Å². The number of rotatable bonds is 6. The highest BCUT2D eigenvalue weighted by molar-refractivity contribution is 5.47. The number of ether oxygens (including phenoxy) is 1. The van der Waals surface area contributed by atoms with Crippen LogP contribution < -0.4 is 10.1 Å². The molecule has 0 saturated heterocycles. The molecule has 1 atom stereocenters. The Bertz CT molecular complexity index is 627. The largest absolute Gasteiger partial charge is 0.457 e. The van der Waals surface area contributed by atoms with Gasteiger partial charge in [-0.2, -0.15) is 0 Å². The lowest BCUT2D eigenvalue weighted by atomic mass is 9.75. The van der Waals surface area contributed by atoms with Crippen LogP contribution in [0.5, 0.6) is 11.5 Å². The summed E-state index contributed by atoms with van der Waals surface area (Å²) in [7, 11) is 0. The van der Waals surface area contributed by atoms with E-state index < -0.39 is 0 Å². The second-order valence-electron chi connectivity index (χ2n) is 7.79. The highest BCUT2D eigenvalue weighted by Crippen LogP contribution is 2.35. The van der Waals surface area contributed by atoms with E-state index >= 15 is 0 Å². The molecular formula is C23H31NO. The van der Waals surface area contributed by atoms with Gasteiger partial charge in [-0.15, -0.1) is 0 Å². The number of para-hydroxylation sites is 1. The summed E-state index contributed by atoms with van der Waals surface area (Å²) in [6.07, 6.45) is 5.48. The zero-order chi connectivity index (χ0) is 17.6. The molecule has 2 nitrogen and oxygen atoms in total. The fraction of sp³-hybridized carbons (Fsp3) is 0.478. The van der Waals surface area contributed by atoms with Gasteiger partial charge in [0.05, 0.1) is 0 Å². The Morgan fingerprint density at radius 2 is 1.32 bits per heavy atom. The second-order valence-corrected chi connectivity index (χ2v) is 7.79. The van der Waals surface area contributed by atoms with Crippen molar-refractivity contribution in [2.45, 2.75) is 52.5 Å². The molecule has 2 heteroatoms. The Kier molecular flexibility index (Phi) is 6.01. The Hall–Kier alpha value is -1.96. The number of anilines is 1. The molecule has 0 aromatic heterocycles. The predicted molar refractivity (Wildman–Crippen MR) is 106 cm³/mol. The molecule has 1 saturated carbocycles. The minimum atomic E-state index is 0.522. The third-order valence-corrected chi connectivity index (χ3v) is 5.69. The maximum atomic E-state index is 5.86. The fourth-order valence-corrected chi connectivity index (χ4v) is 3.94. The Labute approximate surface area is 152 Å². The first-order chi connectivity index (χ1) is 12.1. The van der Waals surface area contributed by atoms with Crippen molar-refractivity contribution in [3.8, 4) is 11.5 Å². The molecule has 2 aromatic carbocycles. The van der Waals surface area contributed by atoms with Gasteiger partial charge in [0, 0.05) is 11.7 Å². The van der Waals surface area contributed by atoms with E-state index in [-0.39, 0.29) is 0 Å². The number of nitrogens with one attached hydrogen (secondary N) is 1. The summed E-state index contributed by atoms with van der Waals surface area (Å²) in [5, 5.41) is 3.69. The van der Waals surface area contributed by atoms with Gasteiger partial charge in [0.2, 0.25) is 0 Å². The van der Waals surface area contributed by atoms with Crippen LogP contribution in [0.4, 0.5) is 5.69 Å². The highest BCUT2D eigenvalue weighted by atomic mass is 16.5. The standard InChI is InChI=1S/C23H31NO/c1-17(2)19-9-11-20(12-10-19)18(3)24-21-13-15-23(16-14-21)25-22-7-5-4-6-8-22/h4-8,13-20,24H,9-12H2,1-3H3. The lowest BCUT2D eigenvalue weighted by Crippen LogP contribution is -2.30. The summed E-state index contributed by atoms with van der Waals surface area (Å²) in [6.45, 7) is 7.06. The van der Waals surface area contributed by atoms with E-state index in [9.17, 15) is 0 Å². The van der Waals surface area contributed by atoms with Gasteiger partial charge in [-0.25, -0.2) is 0 Å². The van der Waals surface area contributed by atoms with E-state index in [0.717, 1.165) is 29.3 Å². The Morgan fingerprint density at radius 1 is 0.760 bits per heavy atom. The third kappa shape index (κ3) is 5.01. The maximum absolute atomic E-state index is 5.86. The van der Waals surface area contributed by atoms with Gasteiger partial charge in [-0.05, 0) is 86.8 Å². The van der Waals surface area contributed by atoms with Gasteiger partial charge in [0.15, 0.2) is 0 Å². The lowest BCUT2D eigenvalue weighted by molar-refractivity contribution is 0.213. The van der Waals surface area contributed by atoms with Crippen molar-refractivity contribution in [3.05, 3.63) is 54.6 Å². The van der Waals surface area contributed by atoms with E-state index in [2.05, 4.69) is 38.2 Å². The highest BCUT2D eigenvalue weighted by Gasteiger charge is 2.26. The van der Waals surface area contributed by atoms with Gasteiger partial charge >= 0.3 is 0 Å². The van der Waals surface area contributed by atoms with Crippen molar-refractivity contribution in [1.29, 1.82) is 0 Å². The first kappa shape index (κ1) is 17.8. The van der Waals surface area contributed by atoms with Crippen LogP contribution in [0.3, 0.4) is 0 Å². The topological polar surface area (TPSA) is 21.3 Å². The molecule has 0 aliphatic heterocycles. The zero-order valence-corrected chi connectivity index (χ0v) is 15.7. The monoisotopic (exact) mass is 337 g/mol. The second kappa shape index (κ2) is 8.42. The van der Waals surface area contributed by atoms with Crippen LogP contribution >= 0.6 is 0 Å². The van der Waals surface area contributed by atoms with Crippen LogP contribution in [0.1, 0.15) is 46.5 Å². The Balaban J connectivity index is 1.51. The van der Waals surface area contributed by atoms with Gasteiger partial charge in [-0.3, -0.25) is 0 Å². The van der Waals surface area contributed by atoms with E-state index in [0.29, 0.717) is 6.04 Å². The molecule has 1 N–H and O–H groups in total. The molecule has 1 fully saturated rings. The van der Waals surface area contributed by atoms with Crippen LogP contribution in [-0.2, 0) is 0 Å². The van der Waals surface area contributed by atoms with E-state index in [4.69, 9.17) is 4.74 Å². The molecule has 0 radical (unpaired) electrons. The fourth-order valence-electron chi connectivity index (χ4n) is 3.94. The minimum absolute atomic E-state index is 0.522. The van der Waals surface area contributed by atoms with Crippen molar-refractivity contribution in [3.63, 3.8) is 0 Å². The molecular weight excluding hydrogens is 306 g/mol. The van der Waals surface area contributed by atoms with Crippen LogP contribution in [0.25, 0.3) is 0 Å². The van der Waals surface area contributed by atoms with Gasteiger partial charge < -0.3 is 10.1 Å². The summed E-state index contributed by atoms with van der Waals surface area (Å²) in [4.78, 5) is 0. The molecule has 3 rings (SSSR count). The molecule has 134 valence electrons. The summed E-state index contributed by atoms with van der Waals surface area (Å²) in [5.74, 6) is 4.30. The van der Waals surface area contributed by atoms with Crippen LogP contribution in [0.15, 0.2) is 54.6 Å². The van der Waals surface area contributed by atoms with Gasteiger partial charge in [-0.1, -0.05) is 32.0 Å². The number of hydrogen-bond acceptors (Lipinski definition) is 2. The molecule has 0 amide bonds. The first-order valence-electron chi connectivity index (χ1n) is 9.71. The zero-order valence-electron chi connectivity index (χ0n) is 15.7. The minimum Gasteiger partial charge on any atom is -0.457 e. The van der Waals surface area contributed by atoms with Crippen LogP contribution in [0, 0.1) is 17.8 Å². The molecule has 0 bridgehead atoms. The smallest absolute Gasteiger partial charge is 0.127 e. The molecule has 0 spiro atoms. The summed E-state index contributed by atoms with van der Waals surface area (Å²) in [5.41, 5.74) is 1.18. The third-order valence-electron chi connectivity index (χ3n) is 5.69. The summed E-state index contributed by atoms with van der Waals surface area (Å²) >= 11 is 0. The average Bonchev–Trinajstić information content (AvgIpc) is 2.64. The van der Waals surface area contributed by atoms with Crippen molar-refractivity contribution in [2.24, 2.45) is 17.8 Å². The van der Waals surface area contributed by atoms with E-state index in [1.807, 2.05) is 42.5 Å². The predicted octanol–water partition coefficient (Wildman–Crippen LogP) is 6.74. The molecule has 1 unspecified atom stereocenters. The first-order valence-corrected chi connectivity index (χ1v) is 9.71. The van der Waals surface area contributed by atoms with Gasteiger partial charge in [0.1, 0.15) is 11.5 Å². The van der Waals surface area contributed by atoms with E-state index in [1.54, 1.807) is 0 Å². The maximum Gasteiger partial charge on any atom is 0.127 e. The number of hydrogen-bond donors (Lipinski definition) is 1. The summed E-state index contributed by atoms with van der Waals surface area (Å²) < 4.78 is 5.86.